The highest BCUT2D eigenvalue weighted by Crippen LogP contribution is 2.28. The normalized spacial score (nSPS) is 19.6. The van der Waals surface area contributed by atoms with Crippen LogP contribution < -0.4 is 4.90 Å². The van der Waals surface area contributed by atoms with Crippen LogP contribution in [-0.4, -0.2) is 28.6 Å². The van der Waals surface area contributed by atoms with Gasteiger partial charge in [0.15, 0.2) is 0 Å². The van der Waals surface area contributed by atoms with E-state index < -0.39 is 11.8 Å². The van der Waals surface area contributed by atoms with Gasteiger partial charge in [0.05, 0.1) is 6.20 Å². The summed E-state index contributed by atoms with van der Waals surface area (Å²) >= 11 is 0. The Morgan fingerprint density at radius 2 is 2.47 bits per heavy atom. The third-order valence-corrected chi connectivity index (χ3v) is 3.18. The molecule has 1 N–H and O–H groups in total. The SMILES string of the molecule is CCC1CCCN1c1ncc(F)cc1C(=O)O. The molecule has 4 nitrogen and oxygen atoms in total. The number of carboxylic acids is 1. The van der Waals surface area contributed by atoms with Crippen molar-refractivity contribution in [3.63, 3.8) is 0 Å². The first-order valence-corrected chi connectivity index (χ1v) is 5.79. The number of halogens is 1. The van der Waals surface area contributed by atoms with E-state index in [2.05, 4.69) is 11.9 Å². The first-order valence-electron chi connectivity index (χ1n) is 5.79. The summed E-state index contributed by atoms with van der Waals surface area (Å²) in [5, 5.41) is 9.08. The van der Waals surface area contributed by atoms with E-state index in [1.54, 1.807) is 0 Å². The van der Waals surface area contributed by atoms with Gasteiger partial charge in [0, 0.05) is 12.6 Å². The maximum absolute atomic E-state index is 13.0. The number of carboxylic acid groups (broad SMARTS) is 1. The average Bonchev–Trinajstić information content (AvgIpc) is 2.76. The minimum atomic E-state index is -1.13. The molecule has 0 saturated carbocycles. The van der Waals surface area contributed by atoms with Crippen molar-refractivity contribution in [3.8, 4) is 0 Å². The molecule has 1 aromatic rings. The number of carbonyl (C=O) groups is 1. The first-order chi connectivity index (χ1) is 8.13. The minimum absolute atomic E-state index is 0.0506. The second kappa shape index (κ2) is 4.69. The van der Waals surface area contributed by atoms with Crippen LogP contribution in [0.15, 0.2) is 12.3 Å². The van der Waals surface area contributed by atoms with Crippen molar-refractivity contribution in [3.05, 3.63) is 23.6 Å². The zero-order valence-corrected chi connectivity index (χ0v) is 9.69. The van der Waals surface area contributed by atoms with Crippen molar-refractivity contribution in [1.82, 2.24) is 4.98 Å². The highest BCUT2D eigenvalue weighted by atomic mass is 19.1. The molecule has 0 radical (unpaired) electrons. The molecule has 92 valence electrons. The summed E-state index contributed by atoms with van der Waals surface area (Å²) in [5.41, 5.74) is -0.0506. The fraction of sp³-hybridized carbons (Fsp3) is 0.500. The Bertz CT molecular complexity index is 437. The summed E-state index contributed by atoms with van der Waals surface area (Å²) in [7, 11) is 0. The molecule has 0 aliphatic carbocycles. The smallest absolute Gasteiger partial charge is 0.339 e. The molecule has 0 aromatic carbocycles. The molecule has 5 heteroatoms. The van der Waals surface area contributed by atoms with Crippen LogP contribution in [0.25, 0.3) is 0 Å². The van der Waals surface area contributed by atoms with Crippen LogP contribution in [-0.2, 0) is 0 Å². The van der Waals surface area contributed by atoms with E-state index in [-0.39, 0.29) is 5.56 Å². The monoisotopic (exact) mass is 238 g/mol. The molecule has 2 heterocycles. The van der Waals surface area contributed by atoms with Crippen molar-refractivity contribution in [2.45, 2.75) is 32.2 Å². The van der Waals surface area contributed by atoms with Crippen molar-refractivity contribution < 1.29 is 14.3 Å². The molecule has 0 amide bonds. The minimum Gasteiger partial charge on any atom is -0.478 e. The van der Waals surface area contributed by atoms with Gasteiger partial charge < -0.3 is 10.0 Å². The molecular formula is C12H15FN2O2. The zero-order chi connectivity index (χ0) is 12.4. The van der Waals surface area contributed by atoms with Gasteiger partial charge in [-0.1, -0.05) is 6.92 Å². The van der Waals surface area contributed by atoms with Gasteiger partial charge in [-0.05, 0) is 25.3 Å². The third kappa shape index (κ3) is 2.23. The van der Waals surface area contributed by atoms with Crippen LogP contribution in [0, 0.1) is 5.82 Å². The summed E-state index contributed by atoms with van der Waals surface area (Å²) in [6.45, 7) is 2.85. The van der Waals surface area contributed by atoms with Gasteiger partial charge >= 0.3 is 5.97 Å². The van der Waals surface area contributed by atoms with E-state index in [1.807, 2.05) is 4.90 Å². The summed E-state index contributed by atoms with van der Waals surface area (Å²) < 4.78 is 13.0. The van der Waals surface area contributed by atoms with Crippen molar-refractivity contribution >= 4 is 11.8 Å². The van der Waals surface area contributed by atoms with Crippen molar-refractivity contribution in [1.29, 1.82) is 0 Å². The van der Waals surface area contributed by atoms with Gasteiger partial charge in [-0.25, -0.2) is 14.2 Å². The van der Waals surface area contributed by atoms with Gasteiger partial charge in [0.1, 0.15) is 17.2 Å². The topological polar surface area (TPSA) is 53.4 Å². The summed E-state index contributed by atoms with van der Waals surface area (Å²) in [6.07, 6.45) is 4.08. The van der Waals surface area contributed by atoms with Crippen molar-refractivity contribution in [2.75, 3.05) is 11.4 Å². The zero-order valence-electron chi connectivity index (χ0n) is 9.69. The molecule has 17 heavy (non-hydrogen) atoms. The van der Waals surface area contributed by atoms with E-state index in [0.717, 1.165) is 38.1 Å². The molecule has 0 bridgehead atoms. The average molecular weight is 238 g/mol. The quantitative estimate of drug-likeness (QED) is 0.877. The van der Waals surface area contributed by atoms with E-state index in [1.165, 1.54) is 0 Å². The van der Waals surface area contributed by atoms with Gasteiger partial charge in [0.2, 0.25) is 0 Å². The van der Waals surface area contributed by atoms with E-state index >= 15 is 0 Å². The number of hydrogen-bond donors (Lipinski definition) is 1. The molecule has 1 unspecified atom stereocenters. The number of nitrogens with zero attached hydrogens (tertiary/aromatic N) is 2. The predicted molar refractivity (Wildman–Crippen MR) is 61.8 cm³/mol. The second-order valence-electron chi connectivity index (χ2n) is 4.23. The highest BCUT2D eigenvalue weighted by molar-refractivity contribution is 5.93. The molecule has 0 spiro atoms. The van der Waals surface area contributed by atoms with E-state index in [9.17, 15) is 9.18 Å². The fourth-order valence-corrected chi connectivity index (χ4v) is 2.36. The Labute approximate surface area is 99.1 Å². The van der Waals surface area contributed by atoms with Gasteiger partial charge in [-0.2, -0.15) is 0 Å². The number of hydrogen-bond acceptors (Lipinski definition) is 3. The van der Waals surface area contributed by atoms with E-state index in [4.69, 9.17) is 5.11 Å². The second-order valence-corrected chi connectivity index (χ2v) is 4.23. The van der Waals surface area contributed by atoms with E-state index in [0.29, 0.717) is 11.9 Å². The Morgan fingerprint density at radius 3 is 3.12 bits per heavy atom. The van der Waals surface area contributed by atoms with Crippen LogP contribution in [0.5, 0.6) is 0 Å². The lowest BCUT2D eigenvalue weighted by Crippen LogP contribution is -2.31. The Kier molecular flexibility index (Phi) is 3.26. The number of aromatic carboxylic acids is 1. The number of rotatable bonds is 3. The molecular weight excluding hydrogens is 223 g/mol. The molecule has 1 aliphatic rings. The lowest BCUT2D eigenvalue weighted by molar-refractivity contribution is 0.0696. The Morgan fingerprint density at radius 1 is 1.71 bits per heavy atom. The van der Waals surface area contributed by atoms with Crippen LogP contribution >= 0.6 is 0 Å². The first kappa shape index (κ1) is 11.8. The van der Waals surface area contributed by atoms with Gasteiger partial charge in [-0.15, -0.1) is 0 Å². The van der Waals surface area contributed by atoms with Crippen LogP contribution in [0.2, 0.25) is 0 Å². The van der Waals surface area contributed by atoms with Gasteiger partial charge in [0.25, 0.3) is 0 Å². The maximum atomic E-state index is 13.0. The highest BCUT2D eigenvalue weighted by Gasteiger charge is 2.27. The molecule has 1 atom stereocenters. The predicted octanol–water partition coefficient (Wildman–Crippen LogP) is 2.30. The molecule has 1 fully saturated rings. The fourth-order valence-electron chi connectivity index (χ4n) is 2.36. The molecule has 1 aromatic heterocycles. The Hall–Kier alpha value is -1.65. The number of aromatic nitrogens is 1. The maximum Gasteiger partial charge on any atom is 0.339 e. The lowest BCUT2D eigenvalue weighted by atomic mass is 10.1. The number of anilines is 1. The summed E-state index contributed by atoms with van der Waals surface area (Å²) in [4.78, 5) is 17.0. The van der Waals surface area contributed by atoms with Gasteiger partial charge in [-0.3, -0.25) is 0 Å². The summed E-state index contributed by atoms with van der Waals surface area (Å²) in [6, 6.07) is 1.35. The molecule has 1 aliphatic heterocycles. The molecule has 2 rings (SSSR count). The lowest BCUT2D eigenvalue weighted by Gasteiger charge is -2.25. The standard InChI is InChI=1S/C12H15FN2O2/c1-2-9-4-3-5-15(9)11-10(12(16)17)6-8(13)7-14-11/h6-7,9H,2-5H2,1H3,(H,16,17). The largest absolute Gasteiger partial charge is 0.478 e. The van der Waals surface area contributed by atoms with Crippen molar-refractivity contribution in [2.24, 2.45) is 0 Å². The summed E-state index contributed by atoms with van der Waals surface area (Å²) in [5.74, 6) is -1.35. The van der Waals surface area contributed by atoms with Crippen LogP contribution in [0.1, 0.15) is 36.5 Å². The molecule has 1 saturated heterocycles. The van der Waals surface area contributed by atoms with Crippen LogP contribution in [0.4, 0.5) is 10.2 Å². The van der Waals surface area contributed by atoms with Crippen LogP contribution in [0.3, 0.4) is 0 Å². The third-order valence-electron chi connectivity index (χ3n) is 3.18. The number of pyridine rings is 1. The Balaban J connectivity index is 2.40.